The van der Waals surface area contributed by atoms with Gasteiger partial charge < -0.3 is 14.2 Å². The second-order valence-electron chi connectivity index (χ2n) is 6.72. The first-order chi connectivity index (χ1) is 15.0. The van der Waals surface area contributed by atoms with Crippen molar-refractivity contribution < 1.29 is 23.8 Å². The number of nitrogens with zero attached hydrogens (tertiary/aromatic N) is 1. The first kappa shape index (κ1) is 21.6. The van der Waals surface area contributed by atoms with Crippen LogP contribution in [0, 0.1) is 11.3 Å². The number of ketones is 1. The van der Waals surface area contributed by atoms with Gasteiger partial charge in [-0.15, -0.1) is 0 Å². The van der Waals surface area contributed by atoms with Crippen LogP contribution >= 0.6 is 0 Å². The summed E-state index contributed by atoms with van der Waals surface area (Å²) in [6, 6.07) is 22.5. The van der Waals surface area contributed by atoms with Gasteiger partial charge in [0.15, 0.2) is 17.3 Å². The number of rotatable bonds is 8. The van der Waals surface area contributed by atoms with Gasteiger partial charge in [-0.2, -0.15) is 5.26 Å². The van der Waals surface area contributed by atoms with E-state index in [2.05, 4.69) is 0 Å². The molecule has 0 N–H and O–H groups in total. The lowest BCUT2D eigenvalue weighted by Gasteiger charge is -2.12. The molecule has 0 radical (unpaired) electrons. The molecule has 0 aliphatic rings. The Bertz CT molecular complexity index is 1120. The van der Waals surface area contributed by atoms with E-state index in [0.29, 0.717) is 17.1 Å². The third-order valence-corrected chi connectivity index (χ3v) is 4.70. The molecular formula is C25H21NO5. The van der Waals surface area contributed by atoms with Crippen LogP contribution in [0.2, 0.25) is 0 Å². The number of hydrogen-bond acceptors (Lipinski definition) is 6. The van der Waals surface area contributed by atoms with E-state index >= 15 is 0 Å². The zero-order valence-corrected chi connectivity index (χ0v) is 17.2. The largest absolute Gasteiger partial charge is 0.497 e. The molecule has 6 nitrogen and oxygen atoms in total. The Labute approximate surface area is 180 Å². The number of carbonyl (C=O) groups excluding carboxylic acids is 2. The molecule has 3 rings (SSSR count). The van der Waals surface area contributed by atoms with E-state index in [-0.39, 0.29) is 23.5 Å². The molecule has 0 heterocycles. The number of ether oxygens (including phenoxy) is 3. The van der Waals surface area contributed by atoms with Crippen LogP contribution in [0.4, 0.5) is 0 Å². The average molecular weight is 415 g/mol. The zero-order valence-electron chi connectivity index (χ0n) is 17.2. The molecule has 156 valence electrons. The van der Waals surface area contributed by atoms with Crippen molar-refractivity contribution in [2.75, 3.05) is 14.2 Å². The molecule has 6 heteroatoms. The maximum absolute atomic E-state index is 12.7. The van der Waals surface area contributed by atoms with E-state index in [1.165, 1.54) is 20.3 Å². The molecule has 3 aromatic carbocycles. The number of methoxy groups -OCH3 is 2. The van der Waals surface area contributed by atoms with Crippen LogP contribution in [0.3, 0.4) is 0 Å². The monoisotopic (exact) mass is 415 g/mol. The summed E-state index contributed by atoms with van der Waals surface area (Å²) < 4.78 is 15.9. The van der Waals surface area contributed by atoms with E-state index in [1.807, 2.05) is 36.4 Å². The summed E-state index contributed by atoms with van der Waals surface area (Å²) in [5.74, 6) is -0.783. The molecule has 1 unspecified atom stereocenters. The van der Waals surface area contributed by atoms with Crippen molar-refractivity contribution >= 4 is 11.8 Å². The molecule has 0 saturated carbocycles. The minimum atomic E-state index is -0.987. The van der Waals surface area contributed by atoms with Crippen molar-refractivity contribution in [1.82, 2.24) is 0 Å². The van der Waals surface area contributed by atoms with Gasteiger partial charge in [0.25, 0.3) is 0 Å². The SMILES string of the molecule is COc1ccc(OC)c(OC(=O)c2cccc(C(C#N)C(=O)Cc3ccccc3)c2)c1. The van der Waals surface area contributed by atoms with E-state index < -0.39 is 11.9 Å². The molecule has 0 saturated heterocycles. The van der Waals surface area contributed by atoms with Crippen LogP contribution in [-0.2, 0) is 11.2 Å². The fraction of sp³-hybridized carbons (Fsp3) is 0.160. The van der Waals surface area contributed by atoms with E-state index in [4.69, 9.17) is 14.2 Å². The Balaban J connectivity index is 1.81. The van der Waals surface area contributed by atoms with Gasteiger partial charge in [-0.05, 0) is 35.4 Å². The lowest BCUT2D eigenvalue weighted by Crippen LogP contribution is -2.15. The number of esters is 1. The van der Waals surface area contributed by atoms with Crippen molar-refractivity contribution in [3.8, 4) is 23.3 Å². The summed E-state index contributed by atoms with van der Waals surface area (Å²) in [5, 5.41) is 9.60. The molecular weight excluding hydrogens is 394 g/mol. The summed E-state index contributed by atoms with van der Waals surface area (Å²) in [4.78, 5) is 25.4. The Morgan fingerprint density at radius 1 is 0.903 bits per heavy atom. The van der Waals surface area contributed by atoms with Crippen LogP contribution in [0.15, 0.2) is 72.8 Å². The van der Waals surface area contributed by atoms with Gasteiger partial charge >= 0.3 is 5.97 Å². The molecule has 0 aliphatic heterocycles. The summed E-state index contributed by atoms with van der Waals surface area (Å²) in [6.07, 6.45) is 0.134. The van der Waals surface area contributed by atoms with E-state index in [1.54, 1.807) is 36.4 Å². The highest BCUT2D eigenvalue weighted by Gasteiger charge is 2.22. The highest BCUT2D eigenvalue weighted by Crippen LogP contribution is 2.32. The molecule has 0 amide bonds. The fourth-order valence-electron chi connectivity index (χ4n) is 3.10. The van der Waals surface area contributed by atoms with Crippen molar-refractivity contribution in [3.63, 3.8) is 0 Å². The topological polar surface area (TPSA) is 85.6 Å². The predicted octanol–water partition coefficient (Wildman–Crippen LogP) is 4.34. The third-order valence-electron chi connectivity index (χ3n) is 4.70. The molecule has 0 bridgehead atoms. The standard InChI is InChI=1S/C25H21NO5/c1-29-20-11-12-23(30-2)24(15-20)31-25(28)19-10-6-9-18(14-19)21(16-26)22(27)13-17-7-4-3-5-8-17/h3-12,14-15,21H,13H2,1-2H3. The smallest absolute Gasteiger partial charge is 0.343 e. The molecule has 3 aromatic rings. The summed E-state index contributed by atoms with van der Waals surface area (Å²) in [6.45, 7) is 0. The molecule has 0 spiro atoms. The average Bonchev–Trinajstić information content (AvgIpc) is 2.80. The minimum absolute atomic E-state index is 0.134. The Hall–Kier alpha value is -4.11. The number of Topliss-reactive ketones (excluding diaryl/α,β-unsaturated/α-hetero) is 1. The molecule has 1 atom stereocenters. The second-order valence-corrected chi connectivity index (χ2v) is 6.72. The zero-order chi connectivity index (χ0) is 22.2. The first-order valence-corrected chi connectivity index (χ1v) is 9.56. The van der Waals surface area contributed by atoms with Crippen LogP contribution in [0.25, 0.3) is 0 Å². The summed E-state index contributed by atoms with van der Waals surface area (Å²) >= 11 is 0. The maximum Gasteiger partial charge on any atom is 0.343 e. The summed E-state index contributed by atoms with van der Waals surface area (Å²) in [7, 11) is 2.97. The van der Waals surface area contributed by atoms with Gasteiger partial charge in [-0.3, -0.25) is 4.79 Å². The first-order valence-electron chi connectivity index (χ1n) is 9.56. The number of carbonyl (C=O) groups is 2. The van der Waals surface area contributed by atoms with Gasteiger partial charge in [0.1, 0.15) is 11.7 Å². The number of benzene rings is 3. The van der Waals surface area contributed by atoms with Crippen LogP contribution < -0.4 is 14.2 Å². The minimum Gasteiger partial charge on any atom is -0.497 e. The van der Waals surface area contributed by atoms with Gasteiger partial charge in [-0.25, -0.2) is 4.79 Å². The van der Waals surface area contributed by atoms with Gasteiger partial charge in [0, 0.05) is 12.5 Å². The highest BCUT2D eigenvalue weighted by atomic mass is 16.6. The number of hydrogen-bond donors (Lipinski definition) is 0. The maximum atomic E-state index is 12.7. The molecule has 31 heavy (non-hydrogen) atoms. The van der Waals surface area contributed by atoms with Crippen molar-refractivity contribution in [2.24, 2.45) is 0 Å². The molecule has 0 aliphatic carbocycles. The molecule has 0 fully saturated rings. The molecule has 0 aromatic heterocycles. The lowest BCUT2D eigenvalue weighted by molar-refractivity contribution is -0.118. The summed E-state index contributed by atoms with van der Waals surface area (Å²) in [5.41, 5.74) is 1.49. The lowest BCUT2D eigenvalue weighted by atomic mass is 9.91. The van der Waals surface area contributed by atoms with Gasteiger partial charge in [0.2, 0.25) is 0 Å². The predicted molar refractivity (Wildman–Crippen MR) is 114 cm³/mol. The second kappa shape index (κ2) is 10.1. The van der Waals surface area contributed by atoms with E-state index in [9.17, 15) is 14.9 Å². The third kappa shape index (κ3) is 5.28. The van der Waals surface area contributed by atoms with Crippen LogP contribution in [0.5, 0.6) is 17.2 Å². The van der Waals surface area contributed by atoms with Gasteiger partial charge in [0.05, 0.1) is 25.9 Å². The Morgan fingerprint density at radius 2 is 1.68 bits per heavy atom. The van der Waals surface area contributed by atoms with E-state index in [0.717, 1.165) is 5.56 Å². The van der Waals surface area contributed by atoms with Crippen molar-refractivity contribution in [2.45, 2.75) is 12.3 Å². The highest BCUT2D eigenvalue weighted by molar-refractivity contribution is 5.94. The normalized spacial score (nSPS) is 11.1. The van der Waals surface area contributed by atoms with Crippen LogP contribution in [0.1, 0.15) is 27.4 Å². The quantitative estimate of drug-likeness (QED) is 0.402. The Morgan fingerprint density at radius 3 is 2.35 bits per heavy atom. The van der Waals surface area contributed by atoms with Crippen molar-refractivity contribution in [1.29, 1.82) is 5.26 Å². The van der Waals surface area contributed by atoms with Crippen molar-refractivity contribution in [3.05, 3.63) is 89.5 Å². The fourth-order valence-corrected chi connectivity index (χ4v) is 3.10. The Kier molecular flexibility index (Phi) is 7.02. The number of nitriles is 1. The van der Waals surface area contributed by atoms with Gasteiger partial charge in [-0.1, -0.05) is 42.5 Å². The van der Waals surface area contributed by atoms with Crippen LogP contribution in [-0.4, -0.2) is 26.0 Å².